The van der Waals surface area contributed by atoms with Crippen molar-refractivity contribution in [1.29, 1.82) is 0 Å². The number of ether oxygens (including phenoxy) is 1. The number of nitrogens with zero attached hydrogens (tertiary/aromatic N) is 2. The highest BCUT2D eigenvalue weighted by Gasteiger charge is 2.30. The number of amidine groups is 1. The first kappa shape index (κ1) is 22.0. The molecule has 1 aliphatic heterocycles. The van der Waals surface area contributed by atoms with Crippen molar-refractivity contribution in [2.24, 2.45) is 4.99 Å². The van der Waals surface area contributed by atoms with E-state index in [2.05, 4.69) is 15.8 Å². The Hall–Kier alpha value is -3.20. The molecule has 0 saturated heterocycles. The second-order valence-corrected chi connectivity index (χ2v) is 9.50. The molecule has 1 atom stereocenters. The Morgan fingerprint density at radius 1 is 1.16 bits per heavy atom. The number of nitrogens with one attached hydrogen (secondary N) is 1. The fraction of sp³-hybridized carbons (Fsp3) is 0.348. The molecule has 32 heavy (non-hydrogen) atoms. The predicted molar refractivity (Wildman–Crippen MR) is 119 cm³/mol. The highest BCUT2D eigenvalue weighted by molar-refractivity contribution is 7.90. The summed E-state index contributed by atoms with van der Waals surface area (Å²) in [6.45, 7) is -0.287. The predicted octanol–water partition coefficient (Wildman–Crippen LogP) is 2.19. The molecule has 0 saturated carbocycles. The van der Waals surface area contributed by atoms with Gasteiger partial charge in [0.1, 0.15) is 5.84 Å². The number of sulfonamides is 1. The summed E-state index contributed by atoms with van der Waals surface area (Å²) in [5, 5.41) is 0. The third kappa shape index (κ3) is 4.52. The van der Waals surface area contributed by atoms with Gasteiger partial charge in [0.2, 0.25) is 0 Å². The number of likely N-dealkylation sites (N-methyl/N-ethyl adjacent to an activating group) is 1. The van der Waals surface area contributed by atoms with E-state index in [1.54, 1.807) is 30.1 Å². The highest BCUT2D eigenvalue weighted by Crippen LogP contribution is 2.33. The van der Waals surface area contributed by atoms with Crippen LogP contribution in [0.1, 0.15) is 42.0 Å². The number of benzene rings is 2. The number of esters is 1. The molecule has 0 fully saturated rings. The summed E-state index contributed by atoms with van der Waals surface area (Å²) in [5.74, 6) is -0.613. The van der Waals surface area contributed by atoms with Gasteiger partial charge in [0, 0.05) is 12.6 Å². The van der Waals surface area contributed by atoms with Crippen LogP contribution in [-0.4, -0.2) is 51.2 Å². The minimum Gasteiger partial charge on any atom is -0.456 e. The summed E-state index contributed by atoms with van der Waals surface area (Å²) in [7, 11) is -1.88. The lowest BCUT2D eigenvalue weighted by Crippen LogP contribution is -2.36. The van der Waals surface area contributed by atoms with Gasteiger partial charge in [-0.2, -0.15) is 0 Å². The monoisotopic (exact) mass is 455 g/mol. The fourth-order valence-corrected chi connectivity index (χ4v) is 5.38. The maximum absolute atomic E-state index is 12.6. The van der Waals surface area contributed by atoms with E-state index in [1.807, 2.05) is 18.2 Å². The first-order valence-electron chi connectivity index (χ1n) is 10.5. The van der Waals surface area contributed by atoms with Crippen molar-refractivity contribution >= 4 is 27.7 Å². The molecule has 1 aliphatic carbocycles. The zero-order valence-corrected chi connectivity index (χ0v) is 18.6. The molecule has 2 aromatic carbocycles. The molecule has 8 nitrogen and oxygen atoms in total. The average molecular weight is 456 g/mol. The van der Waals surface area contributed by atoms with Crippen LogP contribution in [0.3, 0.4) is 0 Å². The van der Waals surface area contributed by atoms with Crippen molar-refractivity contribution < 1.29 is 22.7 Å². The van der Waals surface area contributed by atoms with Gasteiger partial charge in [-0.1, -0.05) is 36.4 Å². The molecule has 1 unspecified atom stereocenters. The molecule has 1 amide bonds. The largest absolute Gasteiger partial charge is 0.456 e. The third-order valence-corrected chi connectivity index (χ3v) is 7.20. The average Bonchev–Trinajstić information content (AvgIpc) is 3.06. The standard InChI is InChI=1S/C23H25N3O5S/c1-26(19-11-6-8-16-7-2-3-9-17(16)19)21(27)15-31-22(28)13-14-24-23-18-10-4-5-12-20(18)32(29,30)25-23/h2-5,7,9-10,12,19H,6,8,11,13-15H2,1H3,(H,24,25). The number of hydrogen-bond donors (Lipinski definition) is 1. The first-order chi connectivity index (χ1) is 15.4. The van der Waals surface area contributed by atoms with Gasteiger partial charge in [0.15, 0.2) is 6.61 Å². The quantitative estimate of drug-likeness (QED) is 0.673. The highest BCUT2D eigenvalue weighted by atomic mass is 32.2. The van der Waals surface area contributed by atoms with E-state index in [4.69, 9.17) is 4.74 Å². The summed E-state index contributed by atoms with van der Waals surface area (Å²) < 4.78 is 31.7. The smallest absolute Gasteiger partial charge is 0.308 e. The van der Waals surface area contributed by atoms with Crippen molar-refractivity contribution in [1.82, 2.24) is 9.62 Å². The third-order valence-electron chi connectivity index (χ3n) is 5.80. The normalized spacial score (nSPS) is 19.5. The molecule has 2 aliphatic rings. The number of aryl methyl sites for hydroxylation is 1. The summed E-state index contributed by atoms with van der Waals surface area (Å²) in [6, 6.07) is 14.6. The SMILES string of the molecule is CN(C(=O)COC(=O)CCN=C1NS(=O)(=O)c2ccccc21)C1CCCc2ccccc21. The van der Waals surface area contributed by atoms with Crippen LogP contribution < -0.4 is 4.72 Å². The molecule has 4 rings (SSSR count). The van der Waals surface area contributed by atoms with Crippen molar-refractivity contribution in [3.8, 4) is 0 Å². The summed E-state index contributed by atoms with van der Waals surface area (Å²) >= 11 is 0. The Morgan fingerprint density at radius 3 is 2.75 bits per heavy atom. The molecule has 1 heterocycles. The Kier molecular flexibility index (Phi) is 6.27. The van der Waals surface area contributed by atoms with Gasteiger partial charge >= 0.3 is 5.97 Å². The van der Waals surface area contributed by atoms with Crippen molar-refractivity contribution in [2.75, 3.05) is 20.2 Å². The van der Waals surface area contributed by atoms with Crippen LogP contribution in [0.15, 0.2) is 58.4 Å². The van der Waals surface area contributed by atoms with Crippen molar-refractivity contribution in [2.45, 2.75) is 36.6 Å². The number of rotatable bonds is 6. The van der Waals surface area contributed by atoms with Crippen LogP contribution in [0.25, 0.3) is 0 Å². The minimum atomic E-state index is -3.62. The lowest BCUT2D eigenvalue weighted by atomic mass is 9.87. The van der Waals surface area contributed by atoms with E-state index >= 15 is 0 Å². The molecular weight excluding hydrogens is 430 g/mol. The number of amides is 1. The molecule has 0 bridgehead atoms. The Bertz CT molecular complexity index is 1180. The van der Waals surface area contributed by atoms with E-state index in [-0.39, 0.29) is 42.3 Å². The maximum atomic E-state index is 12.6. The van der Waals surface area contributed by atoms with E-state index < -0.39 is 16.0 Å². The van der Waals surface area contributed by atoms with Crippen LogP contribution in [0, 0.1) is 0 Å². The number of carbonyl (C=O) groups excluding carboxylic acids is 2. The maximum Gasteiger partial charge on any atom is 0.308 e. The van der Waals surface area contributed by atoms with E-state index in [0.29, 0.717) is 5.56 Å². The van der Waals surface area contributed by atoms with Crippen LogP contribution >= 0.6 is 0 Å². The molecule has 168 valence electrons. The molecule has 0 aromatic heterocycles. The van der Waals surface area contributed by atoms with Gasteiger partial charge in [0.25, 0.3) is 15.9 Å². The minimum absolute atomic E-state index is 0.0204. The topological polar surface area (TPSA) is 105 Å². The van der Waals surface area contributed by atoms with Crippen LogP contribution in [0.4, 0.5) is 0 Å². The Balaban J connectivity index is 1.29. The van der Waals surface area contributed by atoms with Crippen molar-refractivity contribution in [3.05, 3.63) is 65.2 Å². The van der Waals surface area contributed by atoms with Crippen LogP contribution in [-0.2, 0) is 30.8 Å². The van der Waals surface area contributed by atoms with Gasteiger partial charge in [0.05, 0.1) is 23.9 Å². The van der Waals surface area contributed by atoms with Crippen LogP contribution in [0.5, 0.6) is 0 Å². The second kappa shape index (κ2) is 9.12. The number of hydrogen-bond acceptors (Lipinski definition) is 6. The van der Waals surface area contributed by atoms with E-state index in [0.717, 1.165) is 24.8 Å². The molecule has 9 heteroatoms. The van der Waals surface area contributed by atoms with Gasteiger partial charge in [-0.3, -0.25) is 19.3 Å². The van der Waals surface area contributed by atoms with Crippen molar-refractivity contribution in [3.63, 3.8) is 0 Å². The lowest BCUT2D eigenvalue weighted by Gasteiger charge is -2.33. The molecule has 1 N–H and O–H groups in total. The summed E-state index contributed by atoms with van der Waals surface area (Å²) in [5.41, 5.74) is 2.88. The van der Waals surface area contributed by atoms with E-state index in [9.17, 15) is 18.0 Å². The zero-order chi connectivity index (χ0) is 22.7. The molecule has 0 radical (unpaired) electrons. The first-order valence-corrected chi connectivity index (χ1v) is 12.0. The number of carbonyl (C=O) groups is 2. The molecule has 0 spiro atoms. The van der Waals surface area contributed by atoms with Gasteiger partial charge in [-0.25, -0.2) is 8.42 Å². The zero-order valence-electron chi connectivity index (χ0n) is 17.8. The number of fused-ring (bicyclic) bond motifs is 2. The summed E-state index contributed by atoms with van der Waals surface area (Å²) in [4.78, 5) is 30.7. The molecular formula is C23H25N3O5S. The van der Waals surface area contributed by atoms with E-state index in [1.165, 1.54) is 11.6 Å². The van der Waals surface area contributed by atoms with Gasteiger partial charge in [-0.05, 0) is 42.5 Å². The molecule has 2 aromatic rings. The lowest BCUT2D eigenvalue weighted by molar-refractivity contribution is -0.152. The second-order valence-electron chi connectivity index (χ2n) is 7.85. The summed E-state index contributed by atoms with van der Waals surface area (Å²) in [6.07, 6.45) is 2.83. The van der Waals surface area contributed by atoms with Crippen LogP contribution in [0.2, 0.25) is 0 Å². The van der Waals surface area contributed by atoms with Gasteiger partial charge < -0.3 is 9.64 Å². The van der Waals surface area contributed by atoms with Gasteiger partial charge in [-0.15, -0.1) is 0 Å². The number of aliphatic imine (C=N–C) groups is 1. The Morgan fingerprint density at radius 2 is 1.91 bits per heavy atom. The fourth-order valence-electron chi connectivity index (χ4n) is 4.13. The Labute approximate surface area is 187 Å².